The third-order valence-electron chi connectivity index (χ3n) is 4.44. The summed E-state index contributed by atoms with van der Waals surface area (Å²) in [4.78, 5) is 13.0. The quantitative estimate of drug-likeness (QED) is 0.304. The van der Waals surface area contributed by atoms with Gasteiger partial charge in [0.1, 0.15) is 11.4 Å². The summed E-state index contributed by atoms with van der Waals surface area (Å²) in [5.74, 6) is 1.71. The molecular formula is C20H21FN4O2S2. The molecule has 0 amide bonds. The monoisotopic (exact) mass is 432 g/mol. The van der Waals surface area contributed by atoms with Crippen LogP contribution < -0.4 is 4.72 Å². The SMILES string of the molecule is CCCSNc1cccc(-c2nc(C3CC3)oc2-c2ccnc(S(C)=O)n2)c1F. The number of nitrogens with one attached hydrogen (secondary N) is 1. The van der Waals surface area contributed by atoms with E-state index in [1.54, 1.807) is 24.3 Å². The molecule has 3 aromatic rings. The number of oxazole rings is 1. The van der Waals surface area contributed by atoms with E-state index in [1.165, 1.54) is 24.4 Å². The minimum absolute atomic E-state index is 0.199. The van der Waals surface area contributed by atoms with Crippen LogP contribution in [0, 0.1) is 5.82 Å². The van der Waals surface area contributed by atoms with Crippen LogP contribution in [0.5, 0.6) is 0 Å². The average Bonchev–Trinajstić information content (AvgIpc) is 3.48. The van der Waals surface area contributed by atoms with Gasteiger partial charge in [0.25, 0.3) is 0 Å². The van der Waals surface area contributed by atoms with Gasteiger partial charge in [-0.3, -0.25) is 4.21 Å². The molecule has 1 unspecified atom stereocenters. The van der Waals surface area contributed by atoms with Crippen molar-refractivity contribution in [3.63, 3.8) is 0 Å². The second-order valence-electron chi connectivity index (χ2n) is 6.80. The van der Waals surface area contributed by atoms with Gasteiger partial charge in [-0.15, -0.1) is 0 Å². The lowest BCUT2D eigenvalue weighted by Gasteiger charge is -2.09. The maximum atomic E-state index is 15.3. The fourth-order valence-corrected chi connectivity index (χ4v) is 3.88. The summed E-state index contributed by atoms with van der Waals surface area (Å²) >= 11 is 1.46. The van der Waals surface area contributed by atoms with E-state index in [0.717, 1.165) is 25.0 Å². The fourth-order valence-electron chi connectivity index (χ4n) is 2.83. The molecule has 1 N–H and O–H groups in total. The van der Waals surface area contributed by atoms with Crippen molar-refractivity contribution < 1.29 is 13.0 Å². The van der Waals surface area contributed by atoms with Crippen LogP contribution in [0.15, 0.2) is 40.0 Å². The molecule has 1 aliphatic carbocycles. The Bertz CT molecular complexity index is 1050. The molecule has 6 nitrogen and oxygen atoms in total. The molecule has 152 valence electrons. The summed E-state index contributed by atoms with van der Waals surface area (Å²) in [5, 5.41) is 0.199. The summed E-state index contributed by atoms with van der Waals surface area (Å²) in [6.45, 7) is 2.07. The number of hydrogen-bond acceptors (Lipinski definition) is 7. The Morgan fingerprint density at radius 1 is 1.31 bits per heavy atom. The molecule has 0 aliphatic heterocycles. The predicted octanol–water partition coefficient (Wildman–Crippen LogP) is 5.02. The Hall–Kier alpha value is -2.26. The van der Waals surface area contributed by atoms with Crippen molar-refractivity contribution in [2.75, 3.05) is 16.7 Å². The van der Waals surface area contributed by atoms with Gasteiger partial charge in [0.05, 0.1) is 16.5 Å². The molecule has 1 aliphatic rings. The topological polar surface area (TPSA) is 80.9 Å². The van der Waals surface area contributed by atoms with Crippen molar-refractivity contribution in [1.29, 1.82) is 0 Å². The molecule has 0 bridgehead atoms. The fraction of sp³-hybridized carbons (Fsp3) is 0.350. The van der Waals surface area contributed by atoms with Crippen LogP contribution in [-0.4, -0.2) is 31.2 Å². The van der Waals surface area contributed by atoms with Gasteiger partial charge >= 0.3 is 0 Å². The minimum atomic E-state index is -1.34. The van der Waals surface area contributed by atoms with Crippen molar-refractivity contribution in [3.8, 4) is 22.7 Å². The van der Waals surface area contributed by atoms with E-state index in [0.29, 0.717) is 34.3 Å². The van der Waals surface area contributed by atoms with Gasteiger partial charge in [-0.1, -0.05) is 24.9 Å². The van der Waals surface area contributed by atoms with Crippen molar-refractivity contribution in [3.05, 3.63) is 42.2 Å². The molecule has 1 atom stereocenters. The molecule has 1 saturated carbocycles. The zero-order valence-corrected chi connectivity index (χ0v) is 17.8. The minimum Gasteiger partial charge on any atom is -0.438 e. The van der Waals surface area contributed by atoms with E-state index in [4.69, 9.17) is 4.42 Å². The number of halogens is 1. The molecule has 9 heteroatoms. The number of nitrogens with zero attached hydrogens (tertiary/aromatic N) is 3. The highest BCUT2D eigenvalue weighted by molar-refractivity contribution is 8.00. The van der Waals surface area contributed by atoms with Crippen LogP contribution in [-0.2, 0) is 10.8 Å². The molecule has 1 aromatic carbocycles. The smallest absolute Gasteiger partial charge is 0.218 e. The number of aromatic nitrogens is 3. The van der Waals surface area contributed by atoms with Crippen LogP contribution in [0.25, 0.3) is 22.7 Å². The molecule has 0 saturated heterocycles. The van der Waals surface area contributed by atoms with E-state index in [2.05, 4.69) is 26.6 Å². The first-order valence-corrected chi connectivity index (χ1v) is 12.0. The standard InChI is InChI=1S/C20H21FN4O2S2/c1-3-11-28-25-14-6-4-5-13(16(14)21)17-18(27-19(24-17)12-7-8-12)15-9-10-22-20(23-15)29(2)26/h4-6,9-10,12,25H,3,7-8,11H2,1-2H3. The second kappa shape index (κ2) is 8.62. The molecule has 0 radical (unpaired) electrons. The predicted molar refractivity (Wildman–Crippen MR) is 114 cm³/mol. The third kappa shape index (κ3) is 4.35. The maximum Gasteiger partial charge on any atom is 0.218 e. The number of rotatable bonds is 8. The Labute approximate surface area is 175 Å². The molecule has 0 spiro atoms. The largest absolute Gasteiger partial charge is 0.438 e. The first kappa shape index (κ1) is 20.0. The zero-order chi connectivity index (χ0) is 20.4. The Kier molecular flexibility index (Phi) is 5.96. The van der Waals surface area contributed by atoms with Gasteiger partial charge in [-0.2, -0.15) is 0 Å². The Balaban J connectivity index is 1.79. The maximum absolute atomic E-state index is 15.3. The van der Waals surface area contributed by atoms with Crippen LogP contribution in [0.2, 0.25) is 0 Å². The van der Waals surface area contributed by atoms with E-state index in [9.17, 15) is 4.21 Å². The molecular weight excluding hydrogens is 411 g/mol. The zero-order valence-electron chi connectivity index (χ0n) is 16.1. The van der Waals surface area contributed by atoms with Gasteiger partial charge in [-0.25, -0.2) is 19.3 Å². The van der Waals surface area contributed by atoms with Crippen LogP contribution in [0.1, 0.15) is 38.0 Å². The summed E-state index contributed by atoms with van der Waals surface area (Å²) in [6, 6.07) is 6.83. The normalized spacial score (nSPS) is 14.7. The average molecular weight is 433 g/mol. The molecule has 4 rings (SSSR count). The molecule has 1 fully saturated rings. The van der Waals surface area contributed by atoms with Gasteiger partial charge in [-0.05, 0) is 37.5 Å². The van der Waals surface area contributed by atoms with E-state index in [1.807, 2.05) is 0 Å². The summed E-state index contributed by atoms with van der Waals surface area (Å²) in [5.41, 5.74) is 1.59. The van der Waals surface area contributed by atoms with Crippen LogP contribution >= 0.6 is 11.9 Å². The van der Waals surface area contributed by atoms with Crippen molar-refractivity contribution in [2.24, 2.45) is 0 Å². The van der Waals surface area contributed by atoms with E-state index < -0.39 is 10.8 Å². The summed E-state index contributed by atoms with van der Waals surface area (Å²) in [6.07, 6.45) is 6.04. The highest BCUT2D eigenvalue weighted by atomic mass is 32.2. The van der Waals surface area contributed by atoms with E-state index in [-0.39, 0.29) is 16.9 Å². The molecule has 29 heavy (non-hydrogen) atoms. The first-order chi connectivity index (χ1) is 14.1. The van der Waals surface area contributed by atoms with Crippen LogP contribution in [0.4, 0.5) is 10.1 Å². The van der Waals surface area contributed by atoms with Gasteiger partial charge in [0, 0.05) is 29.7 Å². The lowest BCUT2D eigenvalue weighted by molar-refractivity contribution is 0.507. The summed E-state index contributed by atoms with van der Waals surface area (Å²) in [7, 11) is -1.34. The third-order valence-corrected chi connectivity index (χ3v) is 6.12. The van der Waals surface area contributed by atoms with Gasteiger partial charge in [0.2, 0.25) is 5.16 Å². The first-order valence-electron chi connectivity index (χ1n) is 9.42. The van der Waals surface area contributed by atoms with Crippen LogP contribution in [0.3, 0.4) is 0 Å². The van der Waals surface area contributed by atoms with Crippen molar-refractivity contribution in [2.45, 2.75) is 37.3 Å². The highest BCUT2D eigenvalue weighted by Gasteiger charge is 2.32. The lowest BCUT2D eigenvalue weighted by atomic mass is 10.1. The van der Waals surface area contributed by atoms with Crippen molar-refractivity contribution in [1.82, 2.24) is 15.0 Å². The highest BCUT2D eigenvalue weighted by Crippen LogP contribution is 2.44. The Morgan fingerprint density at radius 2 is 2.14 bits per heavy atom. The van der Waals surface area contributed by atoms with Gasteiger partial charge < -0.3 is 9.14 Å². The number of hydrogen-bond donors (Lipinski definition) is 1. The number of benzene rings is 1. The van der Waals surface area contributed by atoms with E-state index >= 15 is 4.39 Å². The Morgan fingerprint density at radius 3 is 2.86 bits per heavy atom. The van der Waals surface area contributed by atoms with Crippen molar-refractivity contribution >= 4 is 28.4 Å². The van der Waals surface area contributed by atoms with Gasteiger partial charge in [0.15, 0.2) is 17.5 Å². The lowest BCUT2D eigenvalue weighted by Crippen LogP contribution is -1.99. The molecule has 2 heterocycles. The number of anilines is 1. The molecule has 2 aromatic heterocycles. The second-order valence-corrected chi connectivity index (χ2v) is 8.97. The summed E-state index contributed by atoms with van der Waals surface area (Å²) < 4.78 is 36.2.